The Labute approximate surface area is 128 Å². The topological polar surface area (TPSA) is 56.2 Å². The number of β-amino-alcohol motifs (C(OH)–C–C–N with tert-alkyl or cyclic N) is 1. The van der Waals surface area contributed by atoms with Crippen molar-refractivity contribution in [2.75, 3.05) is 66.2 Å². The highest BCUT2D eigenvalue weighted by Gasteiger charge is 2.44. The van der Waals surface area contributed by atoms with Crippen LogP contribution in [0.25, 0.3) is 0 Å². The van der Waals surface area contributed by atoms with Crippen molar-refractivity contribution in [1.29, 1.82) is 0 Å². The van der Waals surface area contributed by atoms with Crippen LogP contribution in [0.3, 0.4) is 0 Å². The zero-order valence-electron chi connectivity index (χ0n) is 13.5. The van der Waals surface area contributed by atoms with E-state index in [0.29, 0.717) is 17.9 Å². The zero-order valence-corrected chi connectivity index (χ0v) is 13.5. The number of nitrogens with zero attached hydrogens (tertiary/aromatic N) is 2. The Morgan fingerprint density at radius 2 is 1.71 bits per heavy atom. The lowest BCUT2D eigenvalue weighted by molar-refractivity contribution is -0.0442. The minimum absolute atomic E-state index is 0.254. The van der Waals surface area contributed by atoms with Gasteiger partial charge in [-0.1, -0.05) is 0 Å². The third-order valence-electron chi connectivity index (χ3n) is 5.58. The van der Waals surface area contributed by atoms with Gasteiger partial charge in [0, 0.05) is 45.9 Å². The molecule has 5 heteroatoms. The van der Waals surface area contributed by atoms with Crippen molar-refractivity contribution in [2.45, 2.75) is 25.7 Å². The lowest BCUT2D eigenvalue weighted by Crippen LogP contribution is -2.53. The van der Waals surface area contributed by atoms with Crippen LogP contribution in [0, 0.1) is 11.3 Å². The summed E-state index contributed by atoms with van der Waals surface area (Å²) in [4.78, 5) is 4.84. The first-order valence-electron chi connectivity index (χ1n) is 8.39. The molecule has 2 rings (SSSR count). The van der Waals surface area contributed by atoms with E-state index in [4.69, 9.17) is 9.84 Å². The minimum Gasteiger partial charge on any atom is -0.396 e. The average molecular weight is 300 g/mol. The highest BCUT2D eigenvalue weighted by atomic mass is 16.5. The van der Waals surface area contributed by atoms with Crippen LogP contribution in [-0.2, 0) is 4.74 Å². The summed E-state index contributed by atoms with van der Waals surface area (Å²) in [5, 5.41) is 18.9. The molecule has 2 saturated heterocycles. The first kappa shape index (κ1) is 17.2. The Bertz CT molecular complexity index is 293. The summed E-state index contributed by atoms with van der Waals surface area (Å²) < 4.78 is 5.13. The second kappa shape index (κ2) is 8.44. The molecule has 0 aliphatic carbocycles. The molecule has 1 spiro atoms. The Balaban J connectivity index is 1.84. The lowest BCUT2D eigenvalue weighted by atomic mass is 9.64. The molecule has 21 heavy (non-hydrogen) atoms. The van der Waals surface area contributed by atoms with Crippen molar-refractivity contribution < 1.29 is 14.9 Å². The maximum Gasteiger partial charge on any atom is 0.0558 e. The first-order valence-corrected chi connectivity index (χ1v) is 8.39. The molecule has 2 aliphatic rings. The number of aliphatic hydroxyl groups is 2. The molecule has 0 aromatic rings. The van der Waals surface area contributed by atoms with Crippen LogP contribution in [0.5, 0.6) is 0 Å². The van der Waals surface area contributed by atoms with Gasteiger partial charge < -0.3 is 24.7 Å². The normalized spacial score (nSPS) is 27.3. The maximum atomic E-state index is 9.86. The van der Waals surface area contributed by atoms with Crippen molar-refractivity contribution in [3.63, 3.8) is 0 Å². The van der Waals surface area contributed by atoms with E-state index < -0.39 is 0 Å². The zero-order chi connectivity index (χ0) is 15.1. The summed E-state index contributed by atoms with van der Waals surface area (Å²) in [6, 6.07) is 0. The molecular formula is C16H32N2O3. The van der Waals surface area contributed by atoms with Gasteiger partial charge in [-0.3, -0.25) is 0 Å². The monoisotopic (exact) mass is 300 g/mol. The summed E-state index contributed by atoms with van der Waals surface area (Å²) in [6.45, 7) is 7.58. The molecule has 5 nitrogen and oxygen atoms in total. The average Bonchev–Trinajstić information content (AvgIpc) is 2.52. The van der Waals surface area contributed by atoms with Gasteiger partial charge in [0.15, 0.2) is 0 Å². The lowest BCUT2D eigenvalue weighted by Gasteiger charge is -2.51. The van der Waals surface area contributed by atoms with E-state index in [-0.39, 0.29) is 6.61 Å². The molecule has 2 aliphatic heterocycles. The molecule has 0 radical (unpaired) electrons. The van der Waals surface area contributed by atoms with Gasteiger partial charge in [0.25, 0.3) is 0 Å². The van der Waals surface area contributed by atoms with Gasteiger partial charge >= 0.3 is 0 Å². The molecular weight excluding hydrogens is 268 g/mol. The number of rotatable bonds is 7. The van der Waals surface area contributed by atoms with E-state index in [1.165, 1.54) is 19.3 Å². The molecule has 0 bridgehead atoms. The molecule has 0 saturated carbocycles. The highest BCUT2D eigenvalue weighted by Crippen LogP contribution is 2.45. The Hall–Kier alpha value is -0.200. The van der Waals surface area contributed by atoms with E-state index in [2.05, 4.69) is 9.80 Å². The molecule has 2 fully saturated rings. The van der Waals surface area contributed by atoms with Crippen LogP contribution in [0.15, 0.2) is 0 Å². The van der Waals surface area contributed by atoms with Gasteiger partial charge in [0.05, 0.1) is 6.61 Å². The number of piperidine rings is 2. The summed E-state index contributed by atoms with van der Waals surface area (Å²) in [5.74, 6) is 0.407. The fourth-order valence-electron chi connectivity index (χ4n) is 4.09. The van der Waals surface area contributed by atoms with Crippen molar-refractivity contribution in [3.05, 3.63) is 0 Å². The Kier molecular flexibility index (Phi) is 6.89. The Morgan fingerprint density at radius 3 is 2.29 bits per heavy atom. The van der Waals surface area contributed by atoms with Crippen LogP contribution < -0.4 is 0 Å². The van der Waals surface area contributed by atoms with E-state index in [1.54, 1.807) is 7.11 Å². The number of hydrogen-bond acceptors (Lipinski definition) is 5. The molecule has 0 aromatic carbocycles. The van der Waals surface area contributed by atoms with Gasteiger partial charge in [-0.05, 0) is 50.7 Å². The van der Waals surface area contributed by atoms with Gasteiger partial charge in [0.2, 0.25) is 0 Å². The molecule has 0 amide bonds. The summed E-state index contributed by atoms with van der Waals surface area (Å²) in [5.41, 5.74) is 0.332. The van der Waals surface area contributed by atoms with Crippen LogP contribution in [-0.4, -0.2) is 86.2 Å². The SMILES string of the molecule is COCCCN1CCC2(CCN(CCO)CC2)[C@H](CO)C1. The smallest absolute Gasteiger partial charge is 0.0558 e. The van der Waals surface area contributed by atoms with E-state index in [1.807, 2.05) is 0 Å². The van der Waals surface area contributed by atoms with Gasteiger partial charge in [-0.25, -0.2) is 0 Å². The molecule has 1 atom stereocenters. The second-order valence-electron chi connectivity index (χ2n) is 6.70. The third-order valence-corrected chi connectivity index (χ3v) is 5.58. The van der Waals surface area contributed by atoms with Crippen LogP contribution in [0.1, 0.15) is 25.7 Å². The summed E-state index contributed by atoms with van der Waals surface area (Å²) >= 11 is 0. The number of aliphatic hydroxyl groups excluding tert-OH is 2. The summed E-state index contributed by atoms with van der Waals surface area (Å²) in [6.07, 6.45) is 4.62. The fraction of sp³-hybridized carbons (Fsp3) is 1.00. The third kappa shape index (κ3) is 4.39. The van der Waals surface area contributed by atoms with Crippen molar-refractivity contribution >= 4 is 0 Å². The van der Waals surface area contributed by atoms with E-state index in [9.17, 15) is 5.11 Å². The van der Waals surface area contributed by atoms with Crippen molar-refractivity contribution in [2.24, 2.45) is 11.3 Å². The molecule has 0 unspecified atom stereocenters. The van der Waals surface area contributed by atoms with E-state index >= 15 is 0 Å². The van der Waals surface area contributed by atoms with Crippen LogP contribution in [0.4, 0.5) is 0 Å². The largest absolute Gasteiger partial charge is 0.396 e. The van der Waals surface area contributed by atoms with Gasteiger partial charge in [-0.2, -0.15) is 0 Å². The van der Waals surface area contributed by atoms with E-state index in [0.717, 1.165) is 52.3 Å². The van der Waals surface area contributed by atoms with Gasteiger partial charge in [0.1, 0.15) is 0 Å². The van der Waals surface area contributed by atoms with Gasteiger partial charge in [-0.15, -0.1) is 0 Å². The predicted octanol–water partition coefficient (Wildman–Crippen LogP) is 0.412. The first-order chi connectivity index (χ1) is 10.2. The van der Waals surface area contributed by atoms with Crippen LogP contribution >= 0.6 is 0 Å². The van der Waals surface area contributed by atoms with Crippen molar-refractivity contribution in [3.8, 4) is 0 Å². The molecule has 0 aromatic heterocycles. The number of ether oxygens (including phenoxy) is 1. The minimum atomic E-state index is 0.254. The molecule has 2 heterocycles. The fourth-order valence-corrected chi connectivity index (χ4v) is 4.09. The molecule has 2 N–H and O–H groups in total. The van der Waals surface area contributed by atoms with Crippen molar-refractivity contribution in [1.82, 2.24) is 9.80 Å². The molecule has 124 valence electrons. The standard InChI is InChI=1S/C16H32N2O3/c1-21-12-2-6-18-9-5-16(15(13-18)14-20)3-7-17(8-4-16)10-11-19/h15,19-20H,2-14H2,1H3/t15-/m0/s1. The number of methoxy groups -OCH3 is 1. The predicted molar refractivity (Wildman–Crippen MR) is 83.3 cm³/mol. The maximum absolute atomic E-state index is 9.86. The van der Waals surface area contributed by atoms with Crippen LogP contribution in [0.2, 0.25) is 0 Å². The number of hydrogen-bond donors (Lipinski definition) is 2. The summed E-state index contributed by atoms with van der Waals surface area (Å²) in [7, 11) is 1.75. The highest BCUT2D eigenvalue weighted by molar-refractivity contribution is 4.96. The Morgan fingerprint density at radius 1 is 1.05 bits per heavy atom. The number of likely N-dealkylation sites (tertiary alicyclic amines) is 2. The second-order valence-corrected chi connectivity index (χ2v) is 6.70. The quantitative estimate of drug-likeness (QED) is 0.667.